The van der Waals surface area contributed by atoms with Crippen molar-refractivity contribution in [2.45, 2.75) is 66.5 Å². The van der Waals surface area contributed by atoms with Crippen molar-refractivity contribution in [3.8, 4) is 11.1 Å². The number of nitrogens with zero attached hydrogens (tertiary/aromatic N) is 2. The highest BCUT2D eigenvalue weighted by Crippen LogP contribution is 2.24. The van der Waals surface area contributed by atoms with E-state index in [1.54, 1.807) is 17.3 Å². The second-order valence-corrected chi connectivity index (χ2v) is 9.66. The molecule has 0 aliphatic carbocycles. The van der Waals surface area contributed by atoms with Crippen LogP contribution in [0.3, 0.4) is 0 Å². The third kappa shape index (κ3) is 9.69. The number of aryl methyl sites for hydroxylation is 2. The van der Waals surface area contributed by atoms with E-state index in [0.29, 0.717) is 6.54 Å². The highest BCUT2D eigenvalue weighted by molar-refractivity contribution is 5.69. The molecule has 0 saturated carbocycles. The number of likely N-dealkylation sites (N-methyl/N-ethyl adjacent to an activating group) is 1. The molecule has 0 spiro atoms. The van der Waals surface area contributed by atoms with Crippen molar-refractivity contribution in [3.05, 3.63) is 95.4 Å². The number of carbonyl (C=O) groups excluding carboxylic acids is 1. The summed E-state index contributed by atoms with van der Waals surface area (Å²) in [5.74, 6) is 0.759. The number of carbonyl (C=O) groups is 1. The van der Waals surface area contributed by atoms with Crippen LogP contribution in [0.4, 0.5) is 0 Å². The van der Waals surface area contributed by atoms with E-state index in [2.05, 4.69) is 73.5 Å². The summed E-state index contributed by atoms with van der Waals surface area (Å²) in [6, 6.07) is 15.3. The van der Waals surface area contributed by atoms with Gasteiger partial charge < -0.3 is 10.2 Å². The lowest BCUT2D eigenvalue weighted by molar-refractivity contribution is -0.119. The molecule has 0 saturated heterocycles. The molecule has 0 heterocycles. The van der Waals surface area contributed by atoms with Crippen LogP contribution >= 0.6 is 0 Å². The summed E-state index contributed by atoms with van der Waals surface area (Å²) in [6.45, 7) is 11.2. The van der Waals surface area contributed by atoms with Crippen molar-refractivity contribution in [2.24, 2.45) is 10.9 Å². The van der Waals surface area contributed by atoms with Crippen molar-refractivity contribution in [1.29, 1.82) is 0 Å². The Kier molecular flexibility index (Phi) is 12.5. The van der Waals surface area contributed by atoms with Crippen molar-refractivity contribution >= 4 is 12.6 Å². The minimum atomic E-state index is -0.126. The third-order valence-electron chi connectivity index (χ3n) is 6.27. The van der Waals surface area contributed by atoms with Crippen LogP contribution in [-0.4, -0.2) is 30.6 Å². The minimum Gasteiger partial charge on any atom is -0.387 e. The van der Waals surface area contributed by atoms with Gasteiger partial charge in [-0.25, -0.2) is 0 Å². The zero-order valence-electron chi connectivity index (χ0n) is 22.9. The number of aliphatic imine (C=N–C) groups is 1. The monoisotopic (exact) mass is 485 g/mol. The Morgan fingerprint density at radius 1 is 1.06 bits per heavy atom. The van der Waals surface area contributed by atoms with Crippen LogP contribution in [0.5, 0.6) is 0 Å². The fourth-order valence-corrected chi connectivity index (χ4v) is 3.90. The van der Waals surface area contributed by atoms with Gasteiger partial charge in [0.25, 0.3) is 0 Å². The highest BCUT2D eigenvalue weighted by Gasteiger charge is 2.12. The van der Waals surface area contributed by atoms with Crippen molar-refractivity contribution in [3.63, 3.8) is 0 Å². The van der Waals surface area contributed by atoms with E-state index in [4.69, 9.17) is 0 Å². The molecule has 2 aromatic rings. The average Bonchev–Trinajstić information content (AvgIpc) is 2.87. The summed E-state index contributed by atoms with van der Waals surface area (Å²) < 4.78 is 0. The van der Waals surface area contributed by atoms with Crippen LogP contribution in [-0.2, 0) is 17.8 Å². The van der Waals surface area contributed by atoms with Gasteiger partial charge in [-0.2, -0.15) is 0 Å². The zero-order chi connectivity index (χ0) is 26.3. The topological polar surface area (TPSA) is 44.7 Å². The van der Waals surface area contributed by atoms with Gasteiger partial charge in [0, 0.05) is 26.0 Å². The summed E-state index contributed by atoms with van der Waals surface area (Å²) in [5.41, 5.74) is 7.03. The van der Waals surface area contributed by atoms with Crippen molar-refractivity contribution in [1.82, 2.24) is 10.2 Å². The fourth-order valence-electron chi connectivity index (χ4n) is 3.90. The van der Waals surface area contributed by atoms with Gasteiger partial charge >= 0.3 is 0 Å². The summed E-state index contributed by atoms with van der Waals surface area (Å²) in [5, 5.41) is 3.10. The van der Waals surface area contributed by atoms with E-state index < -0.39 is 0 Å². The molecule has 1 amide bonds. The first-order chi connectivity index (χ1) is 17.4. The molecular weight excluding hydrogens is 442 g/mol. The fraction of sp³-hybridized carbons (Fsp3) is 0.375. The third-order valence-corrected chi connectivity index (χ3v) is 6.27. The van der Waals surface area contributed by atoms with Gasteiger partial charge in [0.1, 0.15) is 0 Å². The van der Waals surface area contributed by atoms with E-state index in [0.717, 1.165) is 30.0 Å². The Bertz CT molecular complexity index is 1060. The second kappa shape index (κ2) is 15.6. The summed E-state index contributed by atoms with van der Waals surface area (Å²) in [4.78, 5) is 18.0. The Labute approximate surface area is 218 Å². The Hall–Kier alpha value is -3.40. The Morgan fingerprint density at radius 3 is 2.39 bits per heavy atom. The number of nitrogens with one attached hydrogen (secondary N) is 1. The smallest absolute Gasteiger partial charge is 0.210 e. The van der Waals surface area contributed by atoms with E-state index in [1.165, 1.54) is 35.1 Å². The summed E-state index contributed by atoms with van der Waals surface area (Å²) in [7, 11) is 1.86. The highest BCUT2D eigenvalue weighted by atomic mass is 16.1. The standard InChI is InChI=1S/C32H43N3O/c1-7-8-9-13-32(33-6)22-34-21-27(5)35(24-36)23-31-19-18-30(20-26(31)4)29-16-14-28(15-17-29)12-10-11-25(2)3/h7-9,13-22,24-25,27,33H,10-12,23H2,1-6H3/b8-7-,13-9-,32-22-,34-21+. The lowest BCUT2D eigenvalue weighted by atomic mass is 9.97. The van der Waals surface area contributed by atoms with Crippen LogP contribution in [0.25, 0.3) is 11.1 Å². The van der Waals surface area contributed by atoms with E-state index >= 15 is 0 Å². The number of amides is 1. The lowest BCUT2D eigenvalue weighted by Gasteiger charge is -2.23. The molecule has 1 N–H and O–H groups in total. The van der Waals surface area contributed by atoms with Gasteiger partial charge in [0.2, 0.25) is 6.41 Å². The Balaban J connectivity index is 2.04. The van der Waals surface area contributed by atoms with Gasteiger partial charge in [0.15, 0.2) is 0 Å². The van der Waals surface area contributed by atoms with E-state index in [-0.39, 0.29) is 6.04 Å². The molecular formula is C32H43N3O. The van der Waals surface area contributed by atoms with Gasteiger partial charge in [-0.05, 0) is 73.4 Å². The van der Waals surface area contributed by atoms with Gasteiger partial charge in [-0.3, -0.25) is 9.79 Å². The number of hydrogen-bond acceptors (Lipinski definition) is 3. The van der Waals surface area contributed by atoms with Crippen molar-refractivity contribution < 1.29 is 4.79 Å². The normalized spacial score (nSPS) is 13.2. The van der Waals surface area contributed by atoms with Crippen LogP contribution in [0, 0.1) is 12.8 Å². The predicted molar refractivity (Wildman–Crippen MR) is 155 cm³/mol. The lowest BCUT2D eigenvalue weighted by Crippen LogP contribution is -2.32. The Morgan fingerprint density at radius 2 is 1.78 bits per heavy atom. The van der Waals surface area contributed by atoms with Gasteiger partial charge in [-0.1, -0.05) is 81.0 Å². The van der Waals surface area contributed by atoms with E-state index in [9.17, 15) is 4.79 Å². The first-order valence-electron chi connectivity index (χ1n) is 13.0. The quantitative estimate of drug-likeness (QED) is 0.174. The first kappa shape index (κ1) is 28.8. The molecule has 1 unspecified atom stereocenters. The molecule has 1 atom stereocenters. The molecule has 4 heteroatoms. The van der Waals surface area contributed by atoms with Gasteiger partial charge in [0.05, 0.1) is 11.7 Å². The molecule has 0 bridgehead atoms. The number of hydrogen-bond donors (Lipinski definition) is 1. The molecule has 0 fully saturated rings. The molecule has 4 nitrogen and oxygen atoms in total. The second-order valence-electron chi connectivity index (χ2n) is 9.66. The summed E-state index contributed by atoms with van der Waals surface area (Å²) >= 11 is 0. The van der Waals surface area contributed by atoms with E-state index in [1.807, 2.05) is 45.2 Å². The van der Waals surface area contributed by atoms with Gasteiger partial charge in [-0.15, -0.1) is 0 Å². The number of rotatable bonds is 14. The molecule has 192 valence electrons. The SMILES string of the molecule is C\C=C/C=C\C(=C\N=C\C(C)N(C=O)Cc1ccc(-c2ccc(CCCC(C)C)cc2)cc1C)NC. The largest absolute Gasteiger partial charge is 0.387 e. The maximum atomic E-state index is 11.8. The molecule has 36 heavy (non-hydrogen) atoms. The molecule has 0 radical (unpaired) electrons. The maximum Gasteiger partial charge on any atom is 0.210 e. The number of benzene rings is 2. The van der Waals surface area contributed by atoms with Crippen LogP contribution in [0.1, 0.15) is 57.2 Å². The molecule has 2 aromatic carbocycles. The molecule has 0 aliphatic heterocycles. The molecule has 0 aromatic heterocycles. The van der Waals surface area contributed by atoms with Crippen LogP contribution < -0.4 is 5.32 Å². The van der Waals surface area contributed by atoms with Crippen LogP contribution in [0.15, 0.2) is 83.7 Å². The minimum absolute atomic E-state index is 0.126. The average molecular weight is 486 g/mol. The van der Waals surface area contributed by atoms with Crippen molar-refractivity contribution in [2.75, 3.05) is 7.05 Å². The maximum absolute atomic E-state index is 11.8. The predicted octanol–water partition coefficient (Wildman–Crippen LogP) is 7.25. The number of allylic oxidation sites excluding steroid dienone is 4. The summed E-state index contributed by atoms with van der Waals surface area (Å²) in [6.07, 6.45) is 15.9. The molecule has 0 aliphatic rings. The first-order valence-corrected chi connectivity index (χ1v) is 13.0. The zero-order valence-corrected chi connectivity index (χ0v) is 22.9. The molecule has 2 rings (SSSR count). The van der Waals surface area contributed by atoms with Crippen LogP contribution in [0.2, 0.25) is 0 Å².